The van der Waals surface area contributed by atoms with Crippen LogP contribution in [0.4, 0.5) is 0 Å². The molecule has 17 heavy (non-hydrogen) atoms. The summed E-state index contributed by atoms with van der Waals surface area (Å²) in [4.78, 5) is 6.63. The van der Waals surface area contributed by atoms with Gasteiger partial charge < -0.3 is 5.32 Å². The molecule has 3 nitrogen and oxygen atoms in total. The standard InChI is InChI=1S/C12H18BrN3.ClH/c1-16(12-2-4-14-5-3-12)9-10-6-11(13)8-15-7-10;/h6-8,12,14H,2-5,9H2,1H3;1H. The van der Waals surface area contributed by atoms with Gasteiger partial charge in [-0.15, -0.1) is 12.4 Å². The topological polar surface area (TPSA) is 28.2 Å². The van der Waals surface area contributed by atoms with Crippen LogP contribution in [0.1, 0.15) is 18.4 Å². The molecule has 2 rings (SSSR count). The second-order valence-corrected chi connectivity index (χ2v) is 5.32. The first-order chi connectivity index (χ1) is 7.75. The molecule has 1 saturated heterocycles. The van der Waals surface area contributed by atoms with E-state index in [9.17, 15) is 0 Å². The Morgan fingerprint density at radius 2 is 2.12 bits per heavy atom. The number of pyridine rings is 1. The van der Waals surface area contributed by atoms with E-state index in [-0.39, 0.29) is 12.4 Å². The normalized spacial score (nSPS) is 16.9. The Morgan fingerprint density at radius 3 is 2.76 bits per heavy atom. The van der Waals surface area contributed by atoms with Gasteiger partial charge in [0.2, 0.25) is 0 Å². The summed E-state index contributed by atoms with van der Waals surface area (Å²) in [7, 11) is 2.21. The fourth-order valence-corrected chi connectivity index (χ4v) is 2.62. The zero-order valence-corrected chi connectivity index (χ0v) is 12.4. The van der Waals surface area contributed by atoms with Crippen molar-refractivity contribution in [1.82, 2.24) is 15.2 Å². The maximum Gasteiger partial charge on any atom is 0.0410 e. The maximum absolute atomic E-state index is 4.20. The number of hydrogen-bond donors (Lipinski definition) is 1. The second-order valence-electron chi connectivity index (χ2n) is 4.41. The Labute approximate surface area is 118 Å². The molecule has 0 bridgehead atoms. The molecule has 2 heterocycles. The molecule has 1 N–H and O–H groups in total. The number of nitrogens with zero attached hydrogens (tertiary/aromatic N) is 2. The van der Waals surface area contributed by atoms with Gasteiger partial charge in [0.25, 0.3) is 0 Å². The van der Waals surface area contributed by atoms with Gasteiger partial charge in [-0.3, -0.25) is 9.88 Å². The van der Waals surface area contributed by atoms with Crippen molar-refractivity contribution < 1.29 is 0 Å². The van der Waals surface area contributed by atoms with Gasteiger partial charge >= 0.3 is 0 Å². The molecule has 1 aliphatic heterocycles. The number of halogens is 2. The van der Waals surface area contributed by atoms with Crippen LogP contribution >= 0.6 is 28.3 Å². The van der Waals surface area contributed by atoms with Crippen molar-refractivity contribution in [2.24, 2.45) is 0 Å². The Kier molecular flexibility index (Phi) is 6.41. The Morgan fingerprint density at radius 1 is 1.41 bits per heavy atom. The summed E-state index contributed by atoms with van der Waals surface area (Å²) in [5, 5.41) is 3.40. The third-order valence-electron chi connectivity index (χ3n) is 3.13. The van der Waals surface area contributed by atoms with Crippen molar-refractivity contribution in [3.8, 4) is 0 Å². The predicted octanol–water partition coefficient (Wildman–Crippen LogP) is 2.45. The lowest BCUT2D eigenvalue weighted by Crippen LogP contribution is -2.40. The first-order valence-electron chi connectivity index (χ1n) is 5.76. The summed E-state index contributed by atoms with van der Waals surface area (Å²) >= 11 is 3.46. The molecule has 0 saturated carbocycles. The monoisotopic (exact) mass is 319 g/mol. The minimum absolute atomic E-state index is 0. The molecule has 1 aliphatic rings. The minimum atomic E-state index is 0. The summed E-state index contributed by atoms with van der Waals surface area (Å²) in [6.07, 6.45) is 6.27. The van der Waals surface area contributed by atoms with Crippen LogP contribution in [0.2, 0.25) is 0 Å². The van der Waals surface area contributed by atoms with E-state index in [0.29, 0.717) is 6.04 Å². The molecular formula is C12H19BrClN3. The van der Waals surface area contributed by atoms with Gasteiger partial charge in [0.05, 0.1) is 0 Å². The van der Waals surface area contributed by atoms with Crippen molar-refractivity contribution in [1.29, 1.82) is 0 Å². The van der Waals surface area contributed by atoms with Gasteiger partial charge in [0, 0.05) is 29.5 Å². The molecule has 1 aromatic heterocycles. The van der Waals surface area contributed by atoms with Crippen LogP contribution in [-0.2, 0) is 6.54 Å². The first-order valence-corrected chi connectivity index (χ1v) is 6.55. The van der Waals surface area contributed by atoms with E-state index < -0.39 is 0 Å². The number of hydrogen-bond acceptors (Lipinski definition) is 3. The van der Waals surface area contributed by atoms with Crippen molar-refractivity contribution in [2.75, 3.05) is 20.1 Å². The summed E-state index contributed by atoms with van der Waals surface area (Å²) in [6, 6.07) is 2.85. The Bertz CT molecular complexity index is 342. The molecule has 0 amide bonds. The SMILES string of the molecule is CN(Cc1cncc(Br)c1)C1CCNCC1.Cl. The van der Waals surface area contributed by atoms with Crippen molar-refractivity contribution in [3.05, 3.63) is 28.5 Å². The van der Waals surface area contributed by atoms with Crippen LogP contribution in [0.25, 0.3) is 0 Å². The van der Waals surface area contributed by atoms with E-state index >= 15 is 0 Å². The number of piperidine rings is 1. The lowest BCUT2D eigenvalue weighted by molar-refractivity contribution is 0.191. The highest BCUT2D eigenvalue weighted by molar-refractivity contribution is 9.10. The Balaban J connectivity index is 0.00000144. The number of nitrogens with one attached hydrogen (secondary N) is 1. The van der Waals surface area contributed by atoms with Crippen LogP contribution in [0, 0.1) is 0 Å². The largest absolute Gasteiger partial charge is 0.317 e. The van der Waals surface area contributed by atoms with Crippen LogP contribution < -0.4 is 5.32 Å². The molecule has 5 heteroatoms. The molecule has 1 fully saturated rings. The zero-order valence-electron chi connectivity index (χ0n) is 10.0. The van der Waals surface area contributed by atoms with Crippen LogP contribution in [0.3, 0.4) is 0 Å². The van der Waals surface area contributed by atoms with Crippen LogP contribution in [-0.4, -0.2) is 36.1 Å². The molecule has 0 aromatic carbocycles. The molecule has 0 unspecified atom stereocenters. The van der Waals surface area contributed by atoms with Gasteiger partial charge in [-0.05, 0) is 60.5 Å². The van der Waals surface area contributed by atoms with Crippen molar-refractivity contribution >= 4 is 28.3 Å². The van der Waals surface area contributed by atoms with Gasteiger partial charge in [0.15, 0.2) is 0 Å². The molecule has 0 radical (unpaired) electrons. The van der Waals surface area contributed by atoms with Gasteiger partial charge in [-0.25, -0.2) is 0 Å². The van der Waals surface area contributed by atoms with E-state index in [1.165, 1.54) is 18.4 Å². The van der Waals surface area contributed by atoms with E-state index in [1.807, 2.05) is 12.4 Å². The Hall–Kier alpha value is -0.160. The number of rotatable bonds is 3. The van der Waals surface area contributed by atoms with E-state index in [2.05, 4.69) is 44.2 Å². The van der Waals surface area contributed by atoms with Gasteiger partial charge in [0.1, 0.15) is 0 Å². The predicted molar refractivity (Wildman–Crippen MR) is 76.5 cm³/mol. The highest BCUT2D eigenvalue weighted by atomic mass is 79.9. The molecule has 1 aromatic rings. The second kappa shape index (κ2) is 7.31. The average molecular weight is 321 g/mol. The highest BCUT2D eigenvalue weighted by Gasteiger charge is 2.17. The zero-order chi connectivity index (χ0) is 11.4. The maximum atomic E-state index is 4.20. The van der Waals surface area contributed by atoms with E-state index in [0.717, 1.165) is 24.1 Å². The first kappa shape index (κ1) is 14.9. The average Bonchev–Trinajstić information content (AvgIpc) is 2.30. The van der Waals surface area contributed by atoms with E-state index in [1.54, 1.807) is 0 Å². The van der Waals surface area contributed by atoms with Crippen LogP contribution in [0.5, 0.6) is 0 Å². The summed E-state index contributed by atoms with van der Waals surface area (Å²) < 4.78 is 1.06. The highest BCUT2D eigenvalue weighted by Crippen LogP contribution is 2.15. The third-order valence-corrected chi connectivity index (χ3v) is 3.56. The quantitative estimate of drug-likeness (QED) is 0.927. The molecule has 0 spiro atoms. The number of aromatic nitrogens is 1. The lowest BCUT2D eigenvalue weighted by Gasteiger charge is -2.31. The van der Waals surface area contributed by atoms with Gasteiger partial charge in [-0.2, -0.15) is 0 Å². The van der Waals surface area contributed by atoms with Crippen molar-refractivity contribution in [3.63, 3.8) is 0 Å². The summed E-state index contributed by atoms with van der Waals surface area (Å²) in [6.45, 7) is 3.27. The third kappa shape index (κ3) is 4.54. The molecule has 0 aliphatic carbocycles. The van der Waals surface area contributed by atoms with Crippen molar-refractivity contribution in [2.45, 2.75) is 25.4 Å². The molecular weight excluding hydrogens is 302 g/mol. The van der Waals surface area contributed by atoms with Crippen LogP contribution in [0.15, 0.2) is 22.9 Å². The van der Waals surface area contributed by atoms with E-state index in [4.69, 9.17) is 0 Å². The summed E-state index contributed by atoms with van der Waals surface area (Å²) in [5.74, 6) is 0. The molecule has 0 atom stereocenters. The smallest absolute Gasteiger partial charge is 0.0410 e. The summed E-state index contributed by atoms with van der Waals surface area (Å²) in [5.41, 5.74) is 1.27. The fraction of sp³-hybridized carbons (Fsp3) is 0.583. The molecule has 96 valence electrons. The minimum Gasteiger partial charge on any atom is -0.317 e. The lowest BCUT2D eigenvalue weighted by atomic mass is 10.0. The fourth-order valence-electron chi connectivity index (χ4n) is 2.21. The van der Waals surface area contributed by atoms with Gasteiger partial charge in [-0.1, -0.05) is 0 Å².